The number of rotatable bonds is 5. The number of aromatic nitrogens is 2. The fraction of sp³-hybridized carbons (Fsp3) is 0.769. The number of hydrogen-bond acceptors (Lipinski definition) is 5. The largest absolute Gasteiger partial charge is 0.329 e. The minimum absolute atomic E-state index is 0.276. The molecule has 1 aromatic rings. The topological polar surface area (TPSA) is 84.5 Å². The highest BCUT2D eigenvalue weighted by Crippen LogP contribution is 2.25. The summed E-state index contributed by atoms with van der Waals surface area (Å²) in [6.45, 7) is 4.39. The van der Waals surface area contributed by atoms with Crippen LogP contribution in [0.2, 0.25) is 0 Å². The van der Waals surface area contributed by atoms with Gasteiger partial charge in [0.1, 0.15) is 4.90 Å². The first-order valence-electron chi connectivity index (χ1n) is 7.58. The van der Waals surface area contributed by atoms with Gasteiger partial charge >= 0.3 is 0 Å². The van der Waals surface area contributed by atoms with Gasteiger partial charge in [-0.3, -0.25) is 9.58 Å². The maximum absolute atomic E-state index is 12.6. The van der Waals surface area contributed by atoms with Crippen molar-refractivity contribution in [2.45, 2.75) is 36.7 Å². The Morgan fingerprint density at radius 1 is 1.29 bits per heavy atom. The van der Waals surface area contributed by atoms with Crippen LogP contribution in [-0.2, 0) is 16.6 Å². The van der Waals surface area contributed by atoms with Crippen molar-refractivity contribution in [1.82, 2.24) is 19.0 Å². The average molecular weight is 313 g/mol. The molecule has 0 aliphatic carbocycles. The Kier molecular flexibility index (Phi) is 4.30. The van der Waals surface area contributed by atoms with Crippen molar-refractivity contribution >= 4 is 10.0 Å². The minimum Gasteiger partial charge on any atom is -0.329 e. The molecule has 0 amide bonds. The zero-order valence-electron chi connectivity index (χ0n) is 12.2. The van der Waals surface area contributed by atoms with Gasteiger partial charge in [0.15, 0.2) is 0 Å². The fourth-order valence-corrected chi connectivity index (χ4v) is 4.66. The van der Waals surface area contributed by atoms with E-state index in [1.165, 1.54) is 19.0 Å². The standard InChI is InChI=1S/C13H23N5O2S/c14-4-8-17-11-13(9-15-17)21(19,20)18-7-3-12(10-18)16-5-1-2-6-16/h9,11-12H,1-8,10,14H2. The molecule has 1 atom stereocenters. The zero-order valence-corrected chi connectivity index (χ0v) is 13.0. The average Bonchev–Trinajstić information content (AvgIpc) is 3.20. The molecular formula is C13H23N5O2S. The summed E-state index contributed by atoms with van der Waals surface area (Å²) in [4.78, 5) is 2.70. The van der Waals surface area contributed by atoms with E-state index in [4.69, 9.17) is 5.73 Å². The monoisotopic (exact) mass is 313 g/mol. The van der Waals surface area contributed by atoms with Crippen LogP contribution in [0.4, 0.5) is 0 Å². The molecular weight excluding hydrogens is 290 g/mol. The fourth-order valence-electron chi connectivity index (χ4n) is 3.22. The third kappa shape index (κ3) is 2.98. The maximum atomic E-state index is 12.6. The van der Waals surface area contributed by atoms with Crippen molar-refractivity contribution < 1.29 is 8.42 Å². The highest BCUT2D eigenvalue weighted by Gasteiger charge is 2.36. The van der Waals surface area contributed by atoms with Crippen LogP contribution >= 0.6 is 0 Å². The van der Waals surface area contributed by atoms with Crippen LogP contribution < -0.4 is 5.73 Å². The highest BCUT2D eigenvalue weighted by molar-refractivity contribution is 7.89. The number of sulfonamides is 1. The molecule has 2 N–H and O–H groups in total. The van der Waals surface area contributed by atoms with E-state index < -0.39 is 10.0 Å². The predicted molar refractivity (Wildman–Crippen MR) is 79.3 cm³/mol. The van der Waals surface area contributed by atoms with Crippen LogP contribution in [0.1, 0.15) is 19.3 Å². The molecule has 0 aromatic carbocycles. The Morgan fingerprint density at radius 2 is 2.05 bits per heavy atom. The molecule has 0 radical (unpaired) electrons. The molecule has 1 unspecified atom stereocenters. The van der Waals surface area contributed by atoms with Crippen LogP contribution in [0.15, 0.2) is 17.3 Å². The maximum Gasteiger partial charge on any atom is 0.246 e. The third-order valence-corrected chi connectivity index (χ3v) is 6.21. The van der Waals surface area contributed by atoms with Crippen LogP contribution in [0, 0.1) is 0 Å². The summed E-state index contributed by atoms with van der Waals surface area (Å²) >= 11 is 0. The Balaban J connectivity index is 1.70. The summed E-state index contributed by atoms with van der Waals surface area (Å²) in [6.07, 6.45) is 6.39. The second-order valence-corrected chi connectivity index (χ2v) is 7.71. The Bertz CT molecular complexity index is 579. The predicted octanol–water partition coefficient (Wildman–Crippen LogP) is -0.299. The molecule has 21 heavy (non-hydrogen) atoms. The molecule has 2 fully saturated rings. The van der Waals surface area contributed by atoms with E-state index in [-0.39, 0.29) is 4.90 Å². The van der Waals surface area contributed by atoms with E-state index in [9.17, 15) is 8.42 Å². The van der Waals surface area contributed by atoms with Gasteiger partial charge in [0.2, 0.25) is 10.0 Å². The van der Waals surface area contributed by atoms with E-state index in [0.717, 1.165) is 19.5 Å². The lowest BCUT2D eigenvalue weighted by atomic mass is 10.2. The van der Waals surface area contributed by atoms with E-state index in [0.29, 0.717) is 32.2 Å². The van der Waals surface area contributed by atoms with E-state index in [1.54, 1.807) is 15.2 Å². The van der Waals surface area contributed by atoms with Crippen molar-refractivity contribution in [2.75, 3.05) is 32.7 Å². The molecule has 3 rings (SSSR count). The summed E-state index contributed by atoms with van der Waals surface area (Å²) in [5, 5.41) is 4.06. The molecule has 3 heterocycles. The van der Waals surface area contributed by atoms with E-state index in [1.807, 2.05) is 0 Å². The molecule has 8 heteroatoms. The lowest BCUT2D eigenvalue weighted by Crippen LogP contribution is -2.37. The smallest absolute Gasteiger partial charge is 0.246 e. The zero-order chi connectivity index (χ0) is 14.9. The normalized spacial score (nSPS) is 24.9. The summed E-state index contributed by atoms with van der Waals surface area (Å²) in [5.41, 5.74) is 5.46. The number of nitrogens with two attached hydrogens (primary N) is 1. The molecule has 0 saturated carbocycles. The van der Waals surface area contributed by atoms with Crippen LogP contribution in [0.5, 0.6) is 0 Å². The first kappa shape index (κ1) is 15.0. The van der Waals surface area contributed by atoms with Crippen LogP contribution in [0.3, 0.4) is 0 Å². The molecule has 7 nitrogen and oxygen atoms in total. The van der Waals surface area contributed by atoms with E-state index >= 15 is 0 Å². The van der Waals surface area contributed by atoms with Gasteiger partial charge in [0.25, 0.3) is 0 Å². The highest BCUT2D eigenvalue weighted by atomic mass is 32.2. The van der Waals surface area contributed by atoms with Gasteiger partial charge in [-0.2, -0.15) is 9.40 Å². The van der Waals surface area contributed by atoms with Crippen molar-refractivity contribution in [3.8, 4) is 0 Å². The lowest BCUT2D eigenvalue weighted by molar-refractivity contribution is 0.251. The van der Waals surface area contributed by atoms with E-state index in [2.05, 4.69) is 10.00 Å². The SMILES string of the molecule is NCCn1cc(S(=O)(=O)N2CCC(N3CCCC3)C2)cn1. The number of likely N-dealkylation sites (tertiary alicyclic amines) is 1. The van der Waals surface area contributed by atoms with Crippen molar-refractivity contribution in [3.63, 3.8) is 0 Å². The quantitative estimate of drug-likeness (QED) is 0.807. The van der Waals surface area contributed by atoms with Gasteiger partial charge in [-0.1, -0.05) is 0 Å². The molecule has 2 aliphatic rings. The van der Waals surface area contributed by atoms with Crippen LogP contribution in [-0.4, -0.2) is 66.2 Å². The number of nitrogens with zero attached hydrogens (tertiary/aromatic N) is 4. The first-order valence-corrected chi connectivity index (χ1v) is 9.02. The molecule has 1 aromatic heterocycles. The first-order chi connectivity index (χ1) is 10.1. The Labute approximate surface area is 125 Å². The minimum atomic E-state index is -3.42. The molecule has 0 bridgehead atoms. The summed E-state index contributed by atoms with van der Waals surface area (Å²) in [7, 11) is -3.42. The summed E-state index contributed by atoms with van der Waals surface area (Å²) in [6, 6.07) is 0.376. The second kappa shape index (κ2) is 6.04. The second-order valence-electron chi connectivity index (χ2n) is 5.78. The van der Waals surface area contributed by atoms with Gasteiger partial charge in [-0.05, 0) is 32.4 Å². The van der Waals surface area contributed by atoms with Gasteiger partial charge in [0.05, 0.1) is 12.7 Å². The Morgan fingerprint density at radius 3 is 2.76 bits per heavy atom. The van der Waals surface area contributed by atoms with Gasteiger partial charge in [0, 0.05) is 31.9 Å². The van der Waals surface area contributed by atoms with Crippen molar-refractivity contribution in [1.29, 1.82) is 0 Å². The van der Waals surface area contributed by atoms with Crippen LogP contribution in [0.25, 0.3) is 0 Å². The third-order valence-electron chi connectivity index (χ3n) is 4.39. The molecule has 118 valence electrons. The van der Waals surface area contributed by atoms with Crippen molar-refractivity contribution in [3.05, 3.63) is 12.4 Å². The number of hydrogen-bond donors (Lipinski definition) is 1. The van der Waals surface area contributed by atoms with Crippen molar-refractivity contribution in [2.24, 2.45) is 5.73 Å². The molecule has 2 saturated heterocycles. The van der Waals surface area contributed by atoms with Gasteiger partial charge in [-0.25, -0.2) is 8.42 Å². The van der Waals surface area contributed by atoms with Gasteiger partial charge < -0.3 is 5.73 Å². The lowest BCUT2D eigenvalue weighted by Gasteiger charge is -2.23. The Hall–Kier alpha value is -0.960. The summed E-state index contributed by atoms with van der Waals surface area (Å²) in [5.74, 6) is 0. The molecule has 0 spiro atoms. The summed E-state index contributed by atoms with van der Waals surface area (Å²) < 4.78 is 28.5. The molecule has 2 aliphatic heterocycles. The van der Waals surface area contributed by atoms with Gasteiger partial charge in [-0.15, -0.1) is 0 Å².